The van der Waals surface area contributed by atoms with Gasteiger partial charge in [-0.3, -0.25) is 0 Å². The lowest BCUT2D eigenvalue weighted by Gasteiger charge is -2.20. The fraction of sp³-hybridized carbons (Fsp3) is 0.933. The van der Waals surface area contributed by atoms with Gasteiger partial charge < -0.3 is 4.52 Å². The Kier molecular flexibility index (Phi) is 11.9. The van der Waals surface area contributed by atoms with Crippen LogP contribution in [0.1, 0.15) is 78.1 Å². The molecule has 0 N–H and O–H groups in total. The van der Waals surface area contributed by atoms with Crippen molar-refractivity contribution in [2.45, 2.75) is 78.1 Å². The minimum atomic E-state index is -0.196. The lowest BCUT2D eigenvalue weighted by molar-refractivity contribution is 0.266. The summed E-state index contributed by atoms with van der Waals surface area (Å²) >= 11 is 0. The van der Waals surface area contributed by atoms with Gasteiger partial charge in [-0.05, 0) is 19.8 Å². The van der Waals surface area contributed by atoms with Crippen LogP contribution in [-0.2, 0) is 4.52 Å². The van der Waals surface area contributed by atoms with Crippen molar-refractivity contribution in [3.05, 3.63) is 0 Å². The van der Waals surface area contributed by atoms with E-state index in [1.54, 1.807) is 0 Å². The van der Waals surface area contributed by atoms with Crippen LogP contribution in [0.5, 0.6) is 0 Å². The van der Waals surface area contributed by atoms with Crippen molar-refractivity contribution in [2.24, 2.45) is 5.41 Å². The lowest BCUT2D eigenvalue weighted by Crippen LogP contribution is -2.15. The van der Waals surface area contributed by atoms with E-state index in [1.165, 1.54) is 51.4 Å². The summed E-state index contributed by atoms with van der Waals surface area (Å²) in [7, 11) is 2.25. The molecule has 0 aromatic rings. The van der Waals surface area contributed by atoms with Gasteiger partial charge in [-0.15, -0.1) is 0 Å². The third-order valence-corrected chi connectivity index (χ3v) is 3.86. The Labute approximate surface area is 116 Å². The molecule has 18 heavy (non-hydrogen) atoms. The Balaban J connectivity index is 3.48. The van der Waals surface area contributed by atoms with Crippen molar-refractivity contribution < 1.29 is 4.52 Å². The minimum Gasteiger partial charge on any atom is -0.366 e. The molecule has 0 bridgehead atoms. The van der Waals surface area contributed by atoms with Crippen LogP contribution in [0.3, 0.4) is 0 Å². The first kappa shape index (κ1) is 17.9. The zero-order valence-corrected chi connectivity index (χ0v) is 13.4. The largest absolute Gasteiger partial charge is 0.366 e. The van der Waals surface area contributed by atoms with Gasteiger partial charge in [-0.25, -0.2) is 0 Å². The number of rotatable bonds is 12. The van der Waals surface area contributed by atoms with Crippen molar-refractivity contribution in [1.82, 2.24) is 0 Å². The molecule has 2 nitrogen and oxygen atoms in total. The summed E-state index contributed by atoms with van der Waals surface area (Å²) in [5.41, 5.74) is -0.196. The molecule has 2 atom stereocenters. The number of hydrogen-bond acceptors (Lipinski definition) is 2. The SMILES string of the molecule is CCCCCCCCCCC(C)(C#N)CCOP. The third-order valence-electron chi connectivity index (χ3n) is 3.62. The van der Waals surface area contributed by atoms with Gasteiger partial charge >= 0.3 is 0 Å². The van der Waals surface area contributed by atoms with Crippen LogP contribution < -0.4 is 0 Å². The van der Waals surface area contributed by atoms with Crippen LogP contribution >= 0.6 is 9.47 Å². The van der Waals surface area contributed by atoms with Gasteiger partial charge in [0.05, 0.1) is 18.1 Å². The maximum Gasteiger partial charge on any atom is 0.0687 e. The molecule has 106 valence electrons. The zero-order chi connectivity index (χ0) is 13.7. The fourth-order valence-electron chi connectivity index (χ4n) is 2.17. The van der Waals surface area contributed by atoms with Crippen LogP contribution in [0.25, 0.3) is 0 Å². The van der Waals surface area contributed by atoms with E-state index >= 15 is 0 Å². The van der Waals surface area contributed by atoms with Gasteiger partial charge in [-0.2, -0.15) is 5.26 Å². The topological polar surface area (TPSA) is 33.0 Å². The third kappa shape index (κ3) is 9.86. The summed E-state index contributed by atoms with van der Waals surface area (Å²) in [5, 5.41) is 9.20. The normalized spacial score (nSPS) is 14.1. The molecule has 2 unspecified atom stereocenters. The lowest BCUT2D eigenvalue weighted by atomic mass is 9.83. The van der Waals surface area contributed by atoms with E-state index in [4.69, 9.17) is 4.52 Å². The van der Waals surface area contributed by atoms with Crippen LogP contribution in [0.15, 0.2) is 0 Å². The summed E-state index contributed by atoms with van der Waals surface area (Å²) in [5.74, 6) is 0. The molecule has 0 spiro atoms. The first-order valence-corrected chi connectivity index (χ1v) is 7.88. The minimum absolute atomic E-state index is 0.196. The average Bonchev–Trinajstić information content (AvgIpc) is 2.39. The van der Waals surface area contributed by atoms with Gasteiger partial charge in [0.1, 0.15) is 0 Å². The van der Waals surface area contributed by atoms with E-state index in [0.29, 0.717) is 6.61 Å². The van der Waals surface area contributed by atoms with Crippen LogP contribution in [0, 0.1) is 16.7 Å². The summed E-state index contributed by atoms with van der Waals surface area (Å²) in [4.78, 5) is 0. The highest BCUT2D eigenvalue weighted by Crippen LogP contribution is 2.28. The quantitative estimate of drug-likeness (QED) is 0.359. The Hall–Kier alpha value is -0.120. The van der Waals surface area contributed by atoms with E-state index in [9.17, 15) is 5.26 Å². The maximum absolute atomic E-state index is 9.20. The molecule has 0 fully saturated rings. The molecule has 0 aliphatic carbocycles. The molecule has 0 aromatic carbocycles. The molecule has 0 aliphatic rings. The van der Waals surface area contributed by atoms with Crippen molar-refractivity contribution in [1.29, 1.82) is 5.26 Å². The molecule has 3 heteroatoms. The molecular formula is C15H30NOP. The van der Waals surface area contributed by atoms with E-state index in [1.807, 2.05) is 0 Å². The van der Waals surface area contributed by atoms with Crippen LogP contribution in [0.4, 0.5) is 0 Å². The van der Waals surface area contributed by atoms with Crippen molar-refractivity contribution in [3.63, 3.8) is 0 Å². The fourth-order valence-corrected chi connectivity index (χ4v) is 2.29. The Morgan fingerprint density at radius 2 is 1.56 bits per heavy atom. The monoisotopic (exact) mass is 271 g/mol. The molecule has 0 amide bonds. The van der Waals surface area contributed by atoms with Gasteiger partial charge in [0.2, 0.25) is 0 Å². The number of unbranched alkanes of at least 4 members (excludes halogenated alkanes) is 7. The molecule has 0 heterocycles. The van der Waals surface area contributed by atoms with Crippen molar-refractivity contribution >= 4 is 9.47 Å². The molecule has 0 rings (SSSR count). The predicted octanol–water partition coefficient (Wildman–Crippen LogP) is 5.24. The molecule has 0 aromatic heterocycles. The zero-order valence-electron chi connectivity index (χ0n) is 12.2. The molecule has 0 saturated heterocycles. The van der Waals surface area contributed by atoms with Crippen molar-refractivity contribution in [2.75, 3.05) is 6.61 Å². The maximum atomic E-state index is 9.20. The smallest absolute Gasteiger partial charge is 0.0687 e. The predicted molar refractivity (Wildman–Crippen MR) is 81.2 cm³/mol. The second kappa shape index (κ2) is 11.9. The summed E-state index contributed by atoms with van der Waals surface area (Å²) < 4.78 is 4.99. The van der Waals surface area contributed by atoms with E-state index in [0.717, 1.165) is 12.8 Å². The summed E-state index contributed by atoms with van der Waals surface area (Å²) in [6, 6.07) is 2.44. The number of nitrogens with zero attached hydrogens (tertiary/aromatic N) is 1. The van der Waals surface area contributed by atoms with E-state index in [2.05, 4.69) is 29.4 Å². The number of hydrogen-bond donors (Lipinski definition) is 0. The second-order valence-electron chi connectivity index (χ2n) is 5.52. The van der Waals surface area contributed by atoms with Gasteiger partial charge in [0.15, 0.2) is 0 Å². The van der Waals surface area contributed by atoms with Crippen LogP contribution in [0.2, 0.25) is 0 Å². The Morgan fingerprint density at radius 1 is 1.00 bits per heavy atom. The first-order valence-electron chi connectivity index (χ1n) is 7.41. The average molecular weight is 271 g/mol. The van der Waals surface area contributed by atoms with E-state index in [-0.39, 0.29) is 5.41 Å². The summed E-state index contributed by atoms with van der Waals surface area (Å²) in [6.45, 7) is 4.96. The highest BCUT2D eigenvalue weighted by Gasteiger charge is 2.22. The highest BCUT2D eigenvalue weighted by atomic mass is 31.0. The standard InChI is InChI=1S/C15H30NOP/c1-3-4-5-6-7-8-9-10-11-15(2,14-16)12-13-17-18/h3-13,18H2,1-2H3. The first-order chi connectivity index (χ1) is 8.68. The Bertz CT molecular complexity index is 227. The van der Waals surface area contributed by atoms with Gasteiger partial charge in [-0.1, -0.05) is 58.3 Å². The highest BCUT2D eigenvalue weighted by molar-refractivity contribution is 7.09. The van der Waals surface area contributed by atoms with Gasteiger partial charge in [0.25, 0.3) is 0 Å². The second-order valence-corrected chi connectivity index (χ2v) is 5.85. The van der Waals surface area contributed by atoms with Crippen molar-refractivity contribution in [3.8, 4) is 6.07 Å². The molecule has 0 aliphatic heterocycles. The molecular weight excluding hydrogens is 241 g/mol. The van der Waals surface area contributed by atoms with Crippen LogP contribution in [-0.4, -0.2) is 6.61 Å². The summed E-state index contributed by atoms with van der Waals surface area (Å²) in [6.07, 6.45) is 12.4. The van der Waals surface area contributed by atoms with Gasteiger partial charge in [0, 0.05) is 9.47 Å². The molecule has 0 radical (unpaired) electrons. The molecule has 0 saturated carbocycles. The Morgan fingerprint density at radius 3 is 2.06 bits per heavy atom. The number of nitriles is 1. The van der Waals surface area contributed by atoms with E-state index < -0.39 is 0 Å².